The number of hydrogen-bond acceptors (Lipinski definition) is 6. The molecule has 7 heteroatoms. The molecule has 146 valence electrons. The van der Waals surface area contributed by atoms with Crippen LogP contribution in [0.1, 0.15) is 28.5 Å². The lowest BCUT2D eigenvalue weighted by atomic mass is 9.95. The van der Waals surface area contributed by atoms with Gasteiger partial charge in [-0.2, -0.15) is 0 Å². The summed E-state index contributed by atoms with van der Waals surface area (Å²) in [6.07, 6.45) is 0. The monoisotopic (exact) mass is 390 g/mol. The number of phenolic OH excluding ortho intramolecular Hbond substituents is 1. The number of aromatic hydroxyl groups is 1. The van der Waals surface area contributed by atoms with Gasteiger partial charge in [0.1, 0.15) is 17.3 Å². The number of rotatable bonds is 3. The van der Waals surface area contributed by atoms with Crippen LogP contribution in [0.4, 0.5) is 5.82 Å². The van der Waals surface area contributed by atoms with Crippen LogP contribution in [-0.2, 0) is 9.59 Å². The Bertz CT molecular complexity index is 1130. The average Bonchev–Trinajstić information content (AvgIpc) is 3.24. The van der Waals surface area contributed by atoms with Gasteiger partial charge in [0, 0.05) is 11.6 Å². The number of aliphatic hydroxyl groups excluding tert-OH is 1. The molecule has 29 heavy (non-hydrogen) atoms. The van der Waals surface area contributed by atoms with Crippen LogP contribution in [0.2, 0.25) is 0 Å². The normalized spacial score (nSPS) is 18.4. The summed E-state index contributed by atoms with van der Waals surface area (Å²) in [5.74, 6) is -1.21. The lowest BCUT2D eigenvalue weighted by Crippen LogP contribution is -2.29. The van der Waals surface area contributed by atoms with Crippen molar-refractivity contribution in [1.82, 2.24) is 5.16 Å². The number of Topliss-reactive ketones (excluding diaryl/α,β-unsaturated/α-hetero) is 1. The molecule has 0 radical (unpaired) electrons. The highest BCUT2D eigenvalue weighted by molar-refractivity contribution is 6.51. The highest BCUT2D eigenvalue weighted by Gasteiger charge is 2.48. The minimum atomic E-state index is -0.915. The van der Waals surface area contributed by atoms with Gasteiger partial charge in [-0.25, -0.2) is 0 Å². The van der Waals surface area contributed by atoms with Gasteiger partial charge >= 0.3 is 5.91 Å². The average molecular weight is 390 g/mol. The number of aromatic nitrogens is 1. The molecule has 2 heterocycles. The first kappa shape index (κ1) is 18.5. The van der Waals surface area contributed by atoms with E-state index in [9.17, 15) is 19.8 Å². The molecule has 2 N–H and O–H groups in total. The fraction of sp³-hybridized carbons (Fsp3) is 0.136. The van der Waals surface area contributed by atoms with Crippen LogP contribution in [-0.4, -0.2) is 27.1 Å². The molecule has 1 amide bonds. The predicted octanol–water partition coefficient (Wildman–Crippen LogP) is 3.62. The van der Waals surface area contributed by atoms with Gasteiger partial charge in [0.15, 0.2) is 5.82 Å². The third-order valence-corrected chi connectivity index (χ3v) is 4.84. The van der Waals surface area contributed by atoms with Crippen LogP contribution in [0.3, 0.4) is 0 Å². The van der Waals surface area contributed by atoms with Crippen LogP contribution < -0.4 is 4.90 Å². The number of aryl methyl sites for hydroxylation is 2. The molecule has 1 saturated heterocycles. The van der Waals surface area contributed by atoms with Crippen molar-refractivity contribution in [1.29, 1.82) is 0 Å². The lowest BCUT2D eigenvalue weighted by Gasteiger charge is -2.22. The van der Waals surface area contributed by atoms with Crippen LogP contribution in [0.15, 0.2) is 64.7 Å². The largest absolute Gasteiger partial charge is 0.508 e. The number of ketones is 1. The number of aliphatic hydroxyl groups is 1. The van der Waals surface area contributed by atoms with E-state index in [1.54, 1.807) is 37.3 Å². The van der Waals surface area contributed by atoms with Crippen molar-refractivity contribution < 1.29 is 24.3 Å². The molecule has 1 aliphatic heterocycles. The lowest BCUT2D eigenvalue weighted by molar-refractivity contribution is -0.132. The Morgan fingerprint density at radius 3 is 2.28 bits per heavy atom. The highest BCUT2D eigenvalue weighted by Crippen LogP contribution is 2.42. The van der Waals surface area contributed by atoms with Crippen LogP contribution in [0.25, 0.3) is 5.76 Å². The zero-order chi connectivity index (χ0) is 20.7. The van der Waals surface area contributed by atoms with E-state index in [2.05, 4.69) is 5.16 Å². The van der Waals surface area contributed by atoms with Gasteiger partial charge in [0.05, 0.1) is 11.6 Å². The van der Waals surface area contributed by atoms with Gasteiger partial charge in [-0.15, -0.1) is 0 Å². The summed E-state index contributed by atoms with van der Waals surface area (Å²) >= 11 is 0. The Balaban J connectivity index is 1.93. The van der Waals surface area contributed by atoms with E-state index in [-0.39, 0.29) is 22.9 Å². The van der Waals surface area contributed by atoms with E-state index >= 15 is 0 Å². The third kappa shape index (κ3) is 3.16. The smallest absolute Gasteiger partial charge is 0.301 e. The van der Waals surface area contributed by atoms with E-state index in [0.717, 1.165) is 5.56 Å². The molecule has 3 aromatic rings. The number of hydrogen-bond donors (Lipinski definition) is 2. The first-order chi connectivity index (χ1) is 13.9. The molecule has 0 bridgehead atoms. The van der Waals surface area contributed by atoms with Crippen LogP contribution in [0.5, 0.6) is 5.75 Å². The number of anilines is 1. The highest BCUT2D eigenvalue weighted by atomic mass is 16.5. The van der Waals surface area contributed by atoms with Crippen LogP contribution >= 0.6 is 0 Å². The van der Waals surface area contributed by atoms with Gasteiger partial charge in [-0.3, -0.25) is 14.5 Å². The summed E-state index contributed by atoms with van der Waals surface area (Å²) in [7, 11) is 0. The van der Waals surface area contributed by atoms with Crippen molar-refractivity contribution in [3.05, 3.63) is 82.6 Å². The Morgan fingerprint density at radius 2 is 1.69 bits per heavy atom. The first-order valence-electron chi connectivity index (χ1n) is 8.97. The number of benzene rings is 2. The second-order valence-corrected chi connectivity index (χ2v) is 6.92. The fourth-order valence-electron chi connectivity index (χ4n) is 3.37. The van der Waals surface area contributed by atoms with Crippen molar-refractivity contribution in [2.45, 2.75) is 19.9 Å². The molecule has 1 aromatic heterocycles. The summed E-state index contributed by atoms with van der Waals surface area (Å²) in [5, 5.41) is 24.5. The molecule has 1 atom stereocenters. The third-order valence-electron chi connectivity index (χ3n) is 4.84. The fourth-order valence-corrected chi connectivity index (χ4v) is 3.37. The van der Waals surface area contributed by atoms with Crippen molar-refractivity contribution in [2.75, 3.05) is 4.90 Å². The zero-order valence-corrected chi connectivity index (χ0v) is 15.8. The Labute approximate surface area is 166 Å². The van der Waals surface area contributed by atoms with Crippen molar-refractivity contribution in [2.24, 2.45) is 0 Å². The van der Waals surface area contributed by atoms with E-state index in [1.165, 1.54) is 17.0 Å². The van der Waals surface area contributed by atoms with Crippen molar-refractivity contribution in [3.8, 4) is 5.75 Å². The quantitative estimate of drug-likeness (QED) is 0.402. The van der Waals surface area contributed by atoms with Crippen LogP contribution in [0, 0.1) is 13.8 Å². The van der Waals surface area contributed by atoms with Gasteiger partial charge in [0.2, 0.25) is 0 Å². The maximum atomic E-state index is 12.9. The zero-order valence-electron chi connectivity index (χ0n) is 15.8. The molecular weight excluding hydrogens is 372 g/mol. The molecular formula is C22H18N2O5. The second kappa shape index (κ2) is 6.94. The minimum absolute atomic E-state index is 0.0431. The standard InChI is InChI=1S/C22H18N2O5/c1-12-3-5-15(6-4-12)20(26)18-19(14-7-9-16(25)10-8-14)24(22(28)21(18)27)17-11-13(2)29-23-17/h3-11,19,25-26H,1-2H3. The molecule has 0 spiro atoms. The Hall–Kier alpha value is -3.87. The molecule has 2 aromatic carbocycles. The molecule has 7 nitrogen and oxygen atoms in total. The Kier molecular flexibility index (Phi) is 4.43. The SMILES string of the molecule is Cc1ccc(C(O)=C2C(=O)C(=O)N(c3cc(C)on3)C2c2ccc(O)cc2)cc1. The predicted molar refractivity (Wildman–Crippen MR) is 105 cm³/mol. The molecule has 1 fully saturated rings. The minimum Gasteiger partial charge on any atom is -0.508 e. The molecule has 4 rings (SSSR count). The molecule has 1 aliphatic rings. The van der Waals surface area contributed by atoms with Gasteiger partial charge < -0.3 is 14.7 Å². The second-order valence-electron chi connectivity index (χ2n) is 6.92. The number of amides is 1. The maximum Gasteiger partial charge on any atom is 0.301 e. The van der Waals surface area contributed by atoms with Crippen molar-refractivity contribution in [3.63, 3.8) is 0 Å². The molecule has 0 aliphatic carbocycles. The Morgan fingerprint density at radius 1 is 1.03 bits per heavy atom. The van der Waals surface area contributed by atoms with Gasteiger partial charge in [-0.1, -0.05) is 47.1 Å². The maximum absolute atomic E-state index is 12.9. The summed E-state index contributed by atoms with van der Waals surface area (Å²) in [6, 6.07) is 13.7. The van der Waals surface area contributed by atoms with E-state index < -0.39 is 17.7 Å². The number of phenols is 1. The molecule has 0 saturated carbocycles. The van der Waals surface area contributed by atoms with Crippen molar-refractivity contribution >= 4 is 23.3 Å². The van der Waals surface area contributed by atoms with E-state index in [1.807, 2.05) is 19.1 Å². The topological polar surface area (TPSA) is 104 Å². The number of carbonyl (C=O) groups excluding carboxylic acids is 2. The summed E-state index contributed by atoms with van der Waals surface area (Å²) in [4.78, 5) is 27.0. The van der Waals surface area contributed by atoms with Gasteiger partial charge in [-0.05, 0) is 31.5 Å². The summed E-state index contributed by atoms with van der Waals surface area (Å²) in [5.41, 5.74) is 1.91. The summed E-state index contributed by atoms with van der Waals surface area (Å²) in [6.45, 7) is 3.58. The molecule has 1 unspecified atom stereocenters. The number of carbonyl (C=O) groups is 2. The first-order valence-corrected chi connectivity index (χ1v) is 8.97. The van der Waals surface area contributed by atoms with Gasteiger partial charge in [0.25, 0.3) is 5.78 Å². The summed E-state index contributed by atoms with van der Waals surface area (Å²) < 4.78 is 5.08. The van der Waals surface area contributed by atoms with E-state index in [4.69, 9.17) is 4.52 Å². The number of nitrogens with zero attached hydrogens (tertiary/aromatic N) is 2. The van der Waals surface area contributed by atoms with E-state index in [0.29, 0.717) is 16.9 Å².